The Bertz CT molecular complexity index is 205. The highest BCUT2D eigenvalue weighted by molar-refractivity contribution is 4.73. The summed E-state index contributed by atoms with van der Waals surface area (Å²) in [6, 6.07) is 0.821. The first kappa shape index (κ1) is 17.0. The smallest absolute Gasteiger partial charge is 0.00669 e. The van der Waals surface area contributed by atoms with Crippen LogP contribution in [0.1, 0.15) is 72.1 Å². The van der Waals surface area contributed by atoms with Crippen molar-refractivity contribution in [1.82, 2.24) is 10.2 Å². The van der Waals surface area contributed by atoms with E-state index in [-0.39, 0.29) is 0 Å². The first-order valence-corrected chi connectivity index (χ1v) is 8.72. The van der Waals surface area contributed by atoms with Crippen molar-refractivity contribution in [1.29, 1.82) is 0 Å². The molecule has 1 heterocycles. The Morgan fingerprint density at radius 2 is 2.05 bits per heavy atom. The molecule has 0 aromatic carbocycles. The predicted molar refractivity (Wildman–Crippen MR) is 85.7 cm³/mol. The van der Waals surface area contributed by atoms with E-state index in [2.05, 4.69) is 31.0 Å². The van der Waals surface area contributed by atoms with Gasteiger partial charge in [-0.15, -0.1) is 0 Å². The van der Waals surface area contributed by atoms with Crippen molar-refractivity contribution < 1.29 is 0 Å². The molecule has 2 nitrogen and oxygen atoms in total. The number of rotatable bonds is 10. The fourth-order valence-electron chi connectivity index (χ4n) is 3.15. The molecule has 1 aliphatic rings. The van der Waals surface area contributed by atoms with Crippen LogP contribution in [0.5, 0.6) is 0 Å². The molecule has 2 unspecified atom stereocenters. The highest BCUT2D eigenvalue weighted by Crippen LogP contribution is 2.16. The topological polar surface area (TPSA) is 15.3 Å². The van der Waals surface area contributed by atoms with Gasteiger partial charge in [-0.3, -0.25) is 0 Å². The molecule has 2 heteroatoms. The third-order valence-electron chi connectivity index (χ3n) is 4.72. The van der Waals surface area contributed by atoms with Gasteiger partial charge in [0, 0.05) is 6.04 Å². The van der Waals surface area contributed by atoms with Crippen molar-refractivity contribution in [2.75, 3.05) is 26.2 Å². The Hall–Kier alpha value is -0.0800. The minimum absolute atomic E-state index is 0.821. The van der Waals surface area contributed by atoms with Gasteiger partial charge in [-0.25, -0.2) is 0 Å². The Labute approximate surface area is 121 Å². The molecule has 1 saturated heterocycles. The van der Waals surface area contributed by atoms with Gasteiger partial charge in [0.05, 0.1) is 0 Å². The van der Waals surface area contributed by atoms with Gasteiger partial charge in [0.25, 0.3) is 0 Å². The minimum atomic E-state index is 0.821. The van der Waals surface area contributed by atoms with E-state index in [1.54, 1.807) is 0 Å². The van der Waals surface area contributed by atoms with Crippen molar-refractivity contribution >= 4 is 0 Å². The average Bonchev–Trinajstić information content (AvgIpc) is 2.43. The quantitative estimate of drug-likeness (QED) is 0.601. The van der Waals surface area contributed by atoms with Crippen LogP contribution < -0.4 is 5.32 Å². The molecule has 1 N–H and O–H groups in total. The summed E-state index contributed by atoms with van der Waals surface area (Å²) in [5, 5.41) is 3.67. The van der Waals surface area contributed by atoms with E-state index < -0.39 is 0 Å². The molecule has 1 rings (SSSR count). The van der Waals surface area contributed by atoms with Crippen molar-refractivity contribution in [2.45, 2.75) is 78.2 Å². The third-order valence-corrected chi connectivity index (χ3v) is 4.72. The molecular weight excluding hydrogens is 232 g/mol. The molecule has 1 aliphatic heterocycles. The molecular formula is C17H36N2. The van der Waals surface area contributed by atoms with Crippen molar-refractivity contribution in [3.05, 3.63) is 0 Å². The Kier molecular flexibility index (Phi) is 9.54. The van der Waals surface area contributed by atoms with Gasteiger partial charge in [-0.05, 0) is 64.7 Å². The Morgan fingerprint density at radius 3 is 2.74 bits per heavy atom. The predicted octanol–water partition coefficient (Wildman–Crippen LogP) is 4.06. The molecule has 19 heavy (non-hydrogen) atoms. The molecule has 2 atom stereocenters. The van der Waals surface area contributed by atoms with E-state index in [4.69, 9.17) is 0 Å². The Balaban J connectivity index is 2.00. The molecule has 0 bridgehead atoms. The first-order chi connectivity index (χ1) is 9.27. The largest absolute Gasteiger partial charge is 0.316 e. The van der Waals surface area contributed by atoms with E-state index in [9.17, 15) is 0 Å². The molecule has 1 fully saturated rings. The zero-order valence-corrected chi connectivity index (χ0v) is 13.6. The number of nitrogens with one attached hydrogen (secondary N) is 1. The van der Waals surface area contributed by atoms with Gasteiger partial charge < -0.3 is 10.2 Å². The molecule has 114 valence electrons. The van der Waals surface area contributed by atoms with Crippen LogP contribution in [0.15, 0.2) is 0 Å². The SMILES string of the molecule is CCCCC(CC)CNCCCN1CCCCC1C. The van der Waals surface area contributed by atoms with Crippen LogP contribution in [0.4, 0.5) is 0 Å². The fourth-order valence-corrected chi connectivity index (χ4v) is 3.15. The van der Waals surface area contributed by atoms with Crippen LogP contribution in [0.25, 0.3) is 0 Å². The van der Waals surface area contributed by atoms with Crippen LogP contribution in [0.3, 0.4) is 0 Å². The normalized spacial score (nSPS) is 22.6. The van der Waals surface area contributed by atoms with Gasteiger partial charge >= 0.3 is 0 Å². The van der Waals surface area contributed by atoms with E-state index in [1.165, 1.54) is 77.5 Å². The van der Waals surface area contributed by atoms with E-state index in [1.807, 2.05) is 0 Å². The maximum Gasteiger partial charge on any atom is 0.00669 e. The molecule has 0 aliphatic carbocycles. The zero-order valence-electron chi connectivity index (χ0n) is 13.6. The summed E-state index contributed by atoms with van der Waals surface area (Å²) >= 11 is 0. The van der Waals surface area contributed by atoms with Crippen LogP contribution in [0, 0.1) is 5.92 Å². The van der Waals surface area contributed by atoms with Gasteiger partial charge in [-0.2, -0.15) is 0 Å². The molecule has 0 saturated carbocycles. The maximum absolute atomic E-state index is 3.67. The fraction of sp³-hybridized carbons (Fsp3) is 1.00. The van der Waals surface area contributed by atoms with Gasteiger partial charge in [0.1, 0.15) is 0 Å². The standard InChI is InChI=1S/C17H36N2/c1-4-6-11-17(5-2)15-18-12-9-14-19-13-8-7-10-16(19)3/h16-18H,4-15H2,1-3H3. The summed E-state index contributed by atoms with van der Waals surface area (Å²) in [5.41, 5.74) is 0. The first-order valence-electron chi connectivity index (χ1n) is 8.72. The molecule has 0 aromatic rings. The van der Waals surface area contributed by atoms with E-state index in [0.717, 1.165) is 12.0 Å². The van der Waals surface area contributed by atoms with Crippen molar-refractivity contribution in [3.63, 3.8) is 0 Å². The molecule has 0 spiro atoms. The highest BCUT2D eigenvalue weighted by atomic mass is 15.2. The monoisotopic (exact) mass is 268 g/mol. The van der Waals surface area contributed by atoms with Crippen LogP contribution >= 0.6 is 0 Å². The number of likely N-dealkylation sites (tertiary alicyclic amines) is 1. The minimum Gasteiger partial charge on any atom is -0.316 e. The summed E-state index contributed by atoms with van der Waals surface area (Å²) in [5.74, 6) is 0.897. The highest BCUT2D eigenvalue weighted by Gasteiger charge is 2.16. The lowest BCUT2D eigenvalue weighted by molar-refractivity contribution is 0.158. The van der Waals surface area contributed by atoms with E-state index in [0.29, 0.717) is 0 Å². The van der Waals surface area contributed by atoms with Crippen LogP contribution in [0.2, 0.25) is 0 Å². The third kappa shape index (κ3) is 7.31. The number of unbranched alkanes of at least 4 members (excludes halogenated alkanes) is 1. The molecule has 0 amide bonds. The number of piperidine rings is 1. The number of hydrogen-bond acceptors (Lipinski definition) is 2. The summed E-state index contributed by atoms with van der Waals surface area (Å²) in [4.78, 5) is 2.68. The van der Waals surface area contributed by atoms with Crippen LogP contribution in [-0.4, -0.2) is 37.1 Å². The lowest BCUT2D eigenvalue weighted by Gasteiger charge is -2.33. The zero-order chi connectivity index (χ0) is 13.9. The van der Waals surface area contributed by atoms with Crippen molar-refractivity contribution in [2.24, 2.45) is 5.92 Å². The maximum atomic E-state index is 3.67. The number of nitrogens with zero attached hydrogens (tertiary/aromatic N) is 1. The van der Waals surface area contributed by atoms with Gasteiger partial charge in [0.15, 0.2) is 0 Å². The van der Waals surface area contributed by atoms with Gasteiger partial charge in [0.2, 0.25) is 0 Å². The molecule has 0 aromatic heterocycles. The second-order valence-electron chi connectivity index (χ2n) is 6.35. The second-order valence-corrected chi connectivity index (χ2v) is 6.35. The van der Waals surface area contributed by atoms with E-state index >= 15 is 0 Å². The lowest BCUT2D eigenvalue weighted by Crippen LogP contribution is -2.39. The average molecular weight is 268 g/mol. The Morgan fingerprint density at radius 1 is 1.21 bits per heavy atom. The lowest BCUT2D eigenvalue weighted by atomic mass is 9.99. The second kappa shape index (κ2) is 10.7. The van der Waals surface area contributed by atoms with Crippen molar-refractivity contribution in [3.8, 4) is 0 Å². The summed E-state index contributed by atoms with van der Waals surface area (Å²) < 4.78 is 0. The summed E-state index contributed by atoms with van der Waals surface area (Å²) in [6.07, 6.45) is 11.0. The van der Waals surface area contributed by atoms with Gasteiger partial charge in [-0.1, -0.05) is 39.5 Å². The summed E-state index contributed by atoms with van der Waals surface area (Å²) in [7, 11) is 0. The van der Waals surface area contributed by atoms with Crippen LogP contribution in [-0.2, 0) is 0 Å². The number of hydrogen-bond donors (Lipinski definition) is 1. The summed E-state index contributed by atoms with van der Waals surface area (Å²) in [6.45, 7) is 12.1. The molecule has 0 radical (unpaired) electrons.